The van der Waals surface area contributed by atoms with Crippen molar-refractivity contribution in [3.05, 3.63) is 0 Å². The van der Waals surface area contributed by atoms with E-state index in [2.05, 4.69) is 0 Å². The maximum atomic E-state index is 9.44. The predicted octanol–water partition coefficient (Wildman–Crippen LogP) is 0.483. The summed E-state index contributed by atoms with van der Waals surface area (Å²) in [6, 6.07) is 0. The van der Waals surface area contributed by atoms with Gasteiger partial charge in [0.15, 0.2) is 0 Å². The summed E-state index contributed by atoms with van der Waals surface area (Å²) in [5.41, 5.74) is 0. The third-order valence-electron chi connectivity index (χ3n) is 0.187. The fraction of sp³-hybridized carbons (Fsp3) is 0.667. The van der Waals surface area contributed by atoms with Crippen LogP contribution in [0.15, 0.2) is 0 Å². The summed E-state index contributed by atoms with van der Waals surface area (Å²) in [6.07, 6.45) is 0. The van der Waals surface area contributed by atoms with Crippen LogP contribution in [0.5, 0.6) is 0 Å². The molecular weight excluding hydrogens is 155 g/mol. The van der Waals surface area contributed by atoms with Gasteiger partial charge in [0, 0.05) is 7.11 Å². The van der Waals surface area contributed by atoms with Crippen molar-refractivity contribution in [2.75, 3.05) is 7.11 Å². The Morgan fingerprint density at radius 3 is 1.62 bits per heavy atom. The zero-order valence-corrected chi connectivity index (χ0v) is 5.65. The summed E-state index contributed by atoms with van der Waals surface area (Å²) >= 11 is 9.56. The molecule has 0 aromatic carbocycles. The Morgan fingerprint density at radius 1 is 1.50 bits per heavy atom. The van der Waals surface area contributed by atoms with Gasteiger partial charge in [-0.05, 0) is 0 Å². The highest BCUT2D eigenvalue weighted by atomic mass is 35.5. The first-order chi connectivity index (χ1) is 3.64. The van der Waals surface area contributed by atoms with Gasteiger partial charge in [-0.25, -0.2) is 4.79 Å². The lowest BCUT2D eigenvalue weighted by Gasteiger charge is -1.84. The number of rotatable bonds is 1. The molecule has 0 aliphatic rings. The second-order valence-electron chi connectivity index (χ2n) is 0.639. The number of hydrogen-bond acceptors (Lipinski definition) is 2. The molecule has 0 amide bonds. The van der Waals surface area contributed by atoms with Gasteiger partial charge in [-0.15, -0.1) is 0 Å². The van der Waals surface area contributed by atoms with Crippen molar-refractivity contribution < 1.29 is 15.0 Å². The molecule has 50 valence electrons. The molecule has 0 bridgehead atoms. The van der Waals surface area contributed by atoms with Crippen LogP contribution < -0.4 is 0 Å². The molecule has 0 aromatic rings. The summed E-state index contributed by atoms with van der Waals surface area (Å²) in [5.74, 6) is -1.21. The highest BCUT2D eigenvalue weighted by molar-refractivity contribution is 6.52. The lowest BCUT2D eigenvalue weighted by molar-refractivity contribution is -0.135. The number of carbonyl (C=O) groups is 1. The number of carboxylic acids is 1. The number of alkyl halides is 2. The molecule has 0 heterocycles. The number of aliphatic carboxylic acids is 1. The average Bonchev–Trinajstić information content (AvgIpc) is 1.72. The Labute approximate surface area is 56.8 Å². The lowest BCUT2D eigenvalue weighted by atomic mass is 10.8. The number of carboxylic acid groups (broad SMARTS) is 1. The minimum Gasteiger partial charge on any atom is -0.479 e. The predicted molar refractivity (Wildman–Crippen MR) is 31.3 cm³/mol. The van der Waals surface area contributed by atoms with Crippen molar-refractivity contribution in [1.29, 1.82) is 0 Å². The second-order valence-corrected chi connectivity index (χ2v) is 1.74. The summed E-state index contributed by atoms with van der Waals surface area (Å²) in [7, 11) is 1.00. The molecule has 0 rings (SSSR count). The van der Waals surface area contributed by atoms with Crippen LogP contribution in [0, 0.1) is 0 Å². The van der Waals surface area contributed by atoms with Crippen molar-refractivity contribution in [2.24, 2.45) is 0 Å². The molecule has 0 saturated heterocycles. The van der Waals surface area contributed by atoms with Gasteiger partial charge < -0.3 is 10.2 Å². The largest absolute Gasteiger partial charge is 0.479 e. The Morgan fingerprint density at radius 2 is 1.62 bits per heavy atom. The summed E-state index contributed by atoms with van der Waals surface area (Å²) < 4.78 is 0. The van der Waals surface area contributed by atoms with Gasteiger partial charge in [0.25, 0.3) is 0 Å². The fourth-order valence-corrected chi connectivity index (χ4v) is 0. The van der Waals surface area contributed by atoms with Crippen LogP contribution in [0.4, 0.5) is 0 Å². The van der Waals surface area contributed by atoms with E-state index in [1.165, 1.54) is 0 Å². The number of halogens is 2. The maximum absolute atomic E-state index is 9.44. The lowest BCUT2D eigenvalue weighted by Crippen LogP contribution is -2.03. The summed E-state index contributed by atoms with van der Waals surface area (Å²) in [5, 5.41) is 14.7. The minimum absolute atomic E-state index is 1.00. The number of aliphatic hydroxyl groups excluding tert-OH is 1. The van der Waals surface area contributed by atoms with Crippen molar-refractivity contribution in [3.8, 4) is 0 Å². The molecule has 8 heavy (non-hydrogen) atoms. The van der Waals surface area contributed by atoms with E-state index >= 15 is 0 Å². The van der Waals surface area contributed by atoms with Crippen molar-refractivity contribution >= 4 is 29.2 Å². The third kappa shape index (κ3) is 9.38. The molecule has 5 heteroatoms. The van der Waals surface area contributed by atoms with E-state index < -0.39 is 10.8 Å². The van der Waals surface area contributed by atoms with Gasteiger partial charge in [-0.3, -0.25) is 0 Å². The molecule has 2 N–H and O–H groups in total. The average molecular weight is 161 g/mol. The molecule has 0 atom stereocenters. The molecule has 0 aliphatic carbocycles. The van der Waals surface area contributed by atoms with Gasteiger partial charge in [-0.2, -0.15) is 0 Å². The molecule has 0 fully saturated rings. The smallest absolute Gasteiger partial charge is 0.337 e. The van der Waals surface area contributed by atoms with Gasteiger partial charge in [0.2, 0.25) is 4.84 Å². The Balaban J connectivity index is 0. The zero-order chi connectivity index (χ0) is 7.15. The van der Waals surface area contributed by atoms with E-state index in [0.29, 0.717) is 0 Å². The first-order valence-electron chi connectivity index (χ1n) is 1.60. The van der Waals surface area contributed by atoms with Crippen LogP contribution in [0.3, 0.4) is 0 Å². The van der Waals surface area contributed by atoms with Gasteiger partial charge >= 0.3 is 5.97 Å². The molecular formula is C3H6Cl2O3. The standard InChI is InChI=1S/C2H2Cl2O2.CH4O/c3-1(4)2(5)6;1-2/h1H,(H,5,6);2H,1H3. The van der Waals surface area contributed by atoms with E-state index in [1.54, 1.807) is 0 Å². The molecule has 3 nitrogen and oxygen atoms in total. The highest BCUT2D eigenvalue weighted by Gasteiger charge is 2.05. The molecule has 0 aromatic heterocycles. The molecule has 0 radical (unpaired) electrons. The number of aliphatic hydroxyl groups is 1. The minimum atomic E-state index is -1.29. The van der Waals surface area contributed by atoms with Crippen molar-refractivity contribution in [1.82, 2.24) is 0 Å². The highest BCUT2D eigenvalue weighted by Crippen LogP contribution is 1.98. The topological polar surface area (TPSA) is 57.5 Å². The molecule has 0 saturated carbocycles. The van der Waals surface area contributed by atoms with Crippen LogP contribution >= 0.6 is 23.2 Å². The summed E-state index contributed by atoms with van der Waals surface area (Å²) in [6.45, 7) is 0. The first-order valence-corrected chi connectivity index (χ1v) is 2.47. The van der Waals surface area contributed by atoms with Crippen molar-refractivity contribution in [2.45, 2.75) is 4.84 Å². The Bertz CT molecular complexity index is 63.5. The Hall–Kier alpha value is 0.01000. The molecule has 0 unspecified atom stereocenters. The quantitative estimate of drug-likeness (QED) is 0.550. The zero-order valence-electron chi connectivity index (χ0n) is 4.14. The monoisotopic (exact) mass is 160 g/mol. The van der Waals surface area contributed by atoms with Crippen LogP contribution in [0.1, 0.15) is 0 Å². The maximum Gasteiger partial charge on any atom is 0.337 e. The number of hydrogen-bond donors (Lipinski definition) is 2. The van der Waals surface area contributed by atoms with Crippen LogP contribution in [0.2, 0.25) is 0 Å². The van der Waals surface area contributed by atoms with Crippen LogP contribution in [-0.4, -0.2) is 28.1 Å². The molecule has 0 spiro atoms. The summed E-state index contributed by atoms with van der Waals surface area (Å²) in [4.78, 5) is 8.15. The Kier molecular flexibility index (Phi) is 9.55. The third-order valence-corrected chi connectivity index (χ3v) is 0.560. The van der Waals surface area contributed by atoms with E-state index in [0.717, 1.165) is 7.11 Å². The van der Waals surface area contributed by atoms with E-state index in [1.807, 2.05) is 0 Å². The van der Waals surface area contributed by atoms with Gasteiger partial charge in [-0.1, -0.05) is 23.2 Å². The molecule has 0 aliphatic heterocycles. The van der Waals surface area contributed by atoms with Crippen molar-refractivity contribution in [3.63, 3.8) is 0 Å². The second kappa shape index (κ2) is 7.01. The van der Waals surface area contributed by atoms with E-state index in [-0.39, 0.29) is 0 Å². The van der Waals surface area contributed by atoms with Gasteiger partial charge in [0.05, 0.1) is 0 Å². The van der Waals surface area contributed by atoms with E-state index in [4.69, 9.17) is 33.4 Å². The SMILES string of the molecule is CO.O=C(O)C(Cl)Cl. The van der Waals surface area contributed by atoms with Gasteiger partial charge in [0.1, 0.15) is 0 Å². The normalized spacial score (nSPS) is 7.62. The van der Waals surface area contributed by atoms with Crippen LogP contribution in [0.25, 0.3) is 0 Å². The fourth-order valence-electron chi connectivity index (χ4n) is 0. The van der Waals surface area contributed by atoms with E-state index in [9.17, 15) is 4.79 Å². The first kappa shape index (κ1) is 10.9. The van der Waals surface area contributed by atoms with Crippen LogP contribution in [-0.2, 0) is 4.79 Å².